The van der Waals surface area contributed by atoms with E-state index in [-0.39, 0.29) is 12.6 Å². The highest BCUT2D eigenvalue weighted by molar-refractivity contribution is 7.16. The predicted octanol–water partition coefficient (Wildman–Crippen LogP) is 3.15. The summed E-state index contributed by atoms with van der Waals surface area (Å²) in [4.78, 5) is 15.0. The van der Waals surface area contributed by atoms with Crippen LogP contribution in [0.15, 0.2) is 42.5 Å². The number of hydrogen-bond donors (Lipinski definition) is 2. The molecule has 0 saturated carbocycles. The fourth-order valence-corrected chi connectivity index (χ4v) is 3.15. The molecule has 1 heterocycles. The second-order valence-corrected chi connectivity index (χ2v) is 6.62. The first-order valence-corrected chi connectivity index (χ1v) is 8.30. The molecule has 0 atom stereocenters. The number of rotatable bonds is 7. The van der Waals surface area contributed by atoms with Crippen LogP contribution in [0.5, 0.6) is 0 Å². The third-order valence-corrected chi connectivity index (χ3v) is 4.44. The monoisotopic (exact) mass is 338 g/mol. The van der Waals surface area contributed by atoms with Crippen molar-refractivity contribution in [3.05, 3.63) is 57.2 Å². The zero-order chi connectivity index (χ0) is 15.8. The molecule has 0 aliphatic heterocycles. The zero-order valence-electron chi connectivity index (χ0n) is 12.2. The summed E-state index contributed by atoms with van der Waals surface area (Å²) >= 11 is 7.40. The highest BCUT2D eigenvalue weighted by Gasteiger charge is 2.13. The van der Waals surface area contributed by atoms with Gasteiger partial charge in [-0.1, -0.05) is 41.9 Å². The number of carbonyl (C=O) groups excluding carboxylic acids is 1. The molecule has 0 radical (unpaired) electrons. The zero-order valence-corrected chi connectivity index (χ0v) is 13.7. The molecular weight excluding hydrogens is 320 g/mol. The first kappa shape index (κ1) is 16.8. The van der Waals surface area contributed by atoms with Crippen LogP contribution in [0.4, 0.5) is 4.79 Å². The Labute approximate surface area is 139 Å². The minimum Gasteiger partial charge on any atom is -0.395 e. The van der Waals surface area contributed by atoms with Crippen molar-refractivity contribution in [2.24, 2.45) is 0 Å². The molecule has 2 N–H and O–H groups in total. The summed E-state index contributed by atoms with van der Waals surface area (Å²) in [5, 5.41) is 12.0. The van der Waals surface area contributed by atoms with Gasteiger partial charge in [-0.05, 0) is 24.1 Å². The molecule has 0 aliphatic rings. The predicted molar refractivity (Wildman–Crippen MR) is 90.4 cm³/mol. The number of hydrogen-bond acceptors (Lipinski definition) is 3. The van der Waals surface area contributed by atoms with Crippen LogP contribution in [0.25, 0.3) is 0 Å². The number of thiophene rings is 1. The Bertz CT molecular complexity index is 589. The maximum Gasteiger partial charge on any atom is 0.317 e. The molecule has 1 aromatic carbocycles. The van der Waals surface area contributed by atoms with Gasteiger partial charge in [0.05, 0.1) is 10.9 Å². The Hall–Kier alpha value is -1.56. The minimum atomic E-state index is -0.166. The summed E-state index contributed by atoms with van der Waals surface area (Å²) in [5.41, 5.74) is 1.04. The lowest BCUT2D eigenvalue weighted by Crippen LogP contribution is -2.41. The summed E-state index contributed by atoms with van der Waals surface area (Å²) < 4.78 is 0.757. The van der Waals surface area contributed by atoms with Crippen LogP contribution in [-0.4, -0.2) is 35.7 Å². The van der Waals surface area contributed by atoms with E-state index in [0.29, 0.717) is 19.6 Å². The van der Waals surface area contributed by atoms with Gasteiger partial charge in [0.15, 0.2) is 0 Å². The maximum atomic E-state index is 12.2. The van der Waals surface area contributed by atoms with Gasteiger partial charge in [0.1, 0.15) is 0 Å². The van der Waals surface area contributed by atoms with E-state index in [1.54, 1.807) is 4.90 Å². The molecule has 2 rings (SSSR count). The molecule has 0 bridgehead atoms. The smallest absolute Gasteiger partial charge is 0.317 e. The molecule has 2 aromatic rings. The van der Waals surface area contributed by atoms with Crippen molar-refractivity contribution in [1.82, 2.24) is 10.2 Å². The molecule has 0 saturated heterocycles. The molecule has 22 heavy (non-hydrogen) atoms. The van der Waals surface area contributed by atoms with Crippen molar-refractivity contribution in [1.29, 1.82) is 0 Å². The van der Waals surface area contributed by atoms with Gasteiger partial charge in [0.2, 0.25) is 0 Å². The van der Waals surface area contributed by atoms with Gasteiger partial charge in [-0.2, -0.15) is 0 Å². The van der Waals surface area contributed by atoms with E-state index in [1.807, 2.05) is 42.5 Å². The first-order valence-electron chi connectivity index (χ1n) is 7.11. The van der Waals surface area contributed by atoms with Crippen LogP contribution in [-0.2, 0) is 13.0 Å². The number of nitrogens with zero attached hydrogens (tertiary/aromatic N) is 1. The van der Waals surface area contributed by atoms with Crippen LogP contribution in [0.3, 0.4) is 0 Å². The summed E-state index contributed by atoms with van der Waals surface area (Å²) in [6, 6.07) is 13.4. The number of carbonyl (C=O) groups is 1. The Kier molecular flexibility index (Phi) is 6.71. The average molecular weight is 339 g/mol. The van der Waals surface area contributed by atoms with E-state index in [2.05, 4.69) is 5.32 Å². The molecule has 0 fully saturated rings. The highest BCUT2D eigenvalue weighted by atomic mass is 35.5. The molecular formula is C16H19ClN2O2S. The molecule has 0 spiro atoms. The Morgan fingerprint density at radius 1 is 1.23 bits per heavy atom. The largest absolute Gasteiger partial charge is 0.395 e. The Morgan fingerprint density at radius 2 is 2.00 bits per heavy atom. The number of aliphatic hydroxyl groups excluding tert-OH is 1. The van der Waals surface area contributed by atoms with Crippen molar-refractivity contribution in [2.75, 3.05) is 19.7 Å². The molecule has 6 heteroatoms. The quantitative estimate of drug-likeness (QED) is 0.814. The van der Waals surface area contributed by atoms with Gasteiger partial charge >= 0.3 is 6.03 Å². The second kappa shape index (κ2) is 8.78. The lowest BCUT2D eigenvalue weighted by Gasteiger charge is -2.22. The van der Waals surface area contributed by atoms with Crippen LogP contribution < -0.4 is 5.32 Å². The van der Waals surface area contributed by atoms with Gasteiger partial charge in [-0.3, -0.25) is 0 Å². The van der Waals surface area contributed by atoms with Gasteiger partial charge < -0.3 is 15.3 Å². The standard InChI is InChI=1S/C16H19ClN2O2S/c17-15-7-6-14(22-15)8-9-18-16(21)19(10-11-20)12-13-4-2-1-3-5-13/h1-7,20H,8-12H2,(H,18,21). The van der Waals surface area contributed by atoms with Crippen molar-refractivity contribution in [3.63, 3.8) is 0 Å². The van der Waals surface area contributed by atoms with E-state index in [4.69, 9.17) is 16.7 Å². The molecule has 4 nitrogen and oxygen atoms in total. The first-order chi connectivity index (χ1) is 10.7. The van der Waals surface area contributed by atoms with E-state index >= 15 is 0 Å². The molecule has 0 unspecified atom stereocenters. The Balaban J connectivity index is 1.83. The van der Waals surface area contributed by atoms with E-state index < -0.39 is 0 Å². The van der Waals surface area contributed by atoms with Crippen LogP contribution in [0.2, 0.25) is 4.34 Å². The van der Waals surface area contributed by atoms with E-state index in [1.165, 1.54) is 11.3 Å². The molecule has 2 amide bonds. The third-order valence-electron chi connectivity index (χ3n) is 3.15. The molecule has 0 aliphatic carbocycles. The number of urea groups is 1. The summed E-state index contributed by atoms with van der Waals surface area (Å²) in [6.07, 6.45) is 0.751. The number of aliphatic hydroxyl groups is 1. The van der Waals surface area contributed by atoms with Crippen LogP contribution in [0, 0.1) is 0 Å². The molecule has 118 valence electrons. The van der Waals surface area contributed by atoms with E-state index in [0.717, 1.165) is 21.2 Å². The van der Waals surface area contributed by atoms with Gasteiger partial charge in [-0.15, -0.1) is 11.3 Å². The van der Waals surface area contributed by atoms with Crippen LogP contribution in [0.1, 0.15) is 10.4 Å². The highest BCUT2D eigenvalue weighted by Crippen LogP contribution is 2.21. The summed E-state index contributed by atoms with van der Waals surface area (Å²) in [5.74, 6) is 0. The number of benzene rings is 1. The second-order valence-electron chi connectivity index (χ2n) is 4.82. The molecule has 1 aromatic heterocycles. The maximum absolute atomic E-state index is 12.2. The topological polar surface area (TPSA) is 52.6 Å². The van der Waals surface area contributed by atoms with Gasteiger partial charge in [0, 0.05) is 24.5 Å². The minimum absolute atomic E-state index is 0.0548. The summed E-state index contributed by atoms with van der Waals surface area (Å²) in [6.45, 7) is 1.29. The van der Waals surface area contributed by atoms with Crippen molar-refractivity contribution >= 4 is 29.0 Å². The number of amides is 2. The van der Waals surface area contributed by atoms with Gasteiger partial charge in [-0.25, -0.2) is 4.79 Å². The fraction of sp³-hybridized carbons (Fsp3) is 0.312. The average Bonchev–Trinajstić information content (AvgIpc) is 2.93. The van der Waals surface area contributed by atoms with Gasteiger partial charge in [0.25, 0.3) is 0 Å². The third kappa shape index (κ3) is 5.33. The van der Waals surface area contributed by atoms with Crippen LogP contribution >= 0.6 is 22.9 Å². The number of halogens is 1. The number of nitrogens with one attached hydrogen (secondary N) is 1. The summed E-state index contributed by atoms with van der Waals surface area (Å²) in [7, 11) is 0. The fourth-order valence-electron chi connectivity index (χ4n) is 2.07. The van der Waals surface area contributed by atoms with Crippen molar-refractivity contribution in [2.45, 2.75) is 13.0 Å². The van der Waals surface area contributed by atoms with Crippen molar-refractivity contribution in [3.8, 4) is 0 Å². The van der Waals surface area contributed by atoms with Crippen molar-refractivity contribution < 1.29 is 9.90 Å². The lowest BCUT2D eigenvalue weighted by molar-refractivity contribution is 0.174. The van der Waals surface area contributed by atoms with E-state index in [9.17, 15) is 4.79 Å². The Morgan fingerprint density at radius 3 is 2.64 bits per heavy atom. The SMILES string of the molecule is O=C(NCCc1ccc(Cl)s1)N(CCO)Cc1ccccc1. The lowest BCUT2D eigenvalue weighted by atomic mass is 10.2. The normalized spacial score (nSPS) is 10.5.